The van der Waals surface area contributed by atoms with Gasteiger partial charge in [-0.15, -0.1) is 0 Å². The molecule has 1 aliphatic carbocycles. The van der Waals surface area contributed by atoms with E-state index in [9.17, 15) is 9.18 Å². The Kier molecular flexibility index (Phi) is 6.39. The van der Waals surface area contributed by atoms with Crippen molar-refractivity contribution in [3.63, 3.8) is 0 Å². The molecule has 3 aromatic rings. The van der Waals surface area contributed by atoms with Gasteiger partial charge < -0.3 is 27.8 Å². The van der Waals surface area contributed by atoms with Crippen molar-refractivity contribution in [2.75, 3.05) is 29.5 Å². The topological polar surface area (TPSA) is 163 Å². The molecule has 37 heavy (non-hydrogen) atoms. The van der Waals surface area contributed by atoms with Crippen LogP contribution in [0.25, 0.3) is 0 Å². The molecular weight excluding hydrogens is 491 g/mol. The van der Waals surface area contributed by atoms with Gasteiger partial charge in [0.25, 0.3) is 5.91 Å². The summed E-state index contributed by atoms with van der Waals surface area (Å²) in [4.78, 5) is 26.5. The molecule has 1 saturated heterocycles. The van der Waals surface area contributed by atoms with Crippen molar-refractivity contribution in [1.29, 1.82) is 0 Å². The van der Waals surface area contributed by atoms with E-state index in [0.29, 0.717) is 15.6 Å². The van der Waals surface area contributed by atoms with Crippen molar-refractivity contribution < 1.29 is 9.18 Å². The summed E-state index contributed by atoms with van der Waals surface area (Å²) >= 11 is 1.08. The first-order valence-corrected chi connectivity index (χ1v) is 12.7. The van der Waals surface area contributed by atoms with Crippen LogP contribution in [0.1, 0.15) is 41.3 Å². The number of fused-ring (bicyclic) bond motifs is 1. The third kappa shape index (κ3) is 4.65. The number of rotatable bonds is 3. The molecule has 0 radical (unpaired) electrons. The van der Waals surface area contributed by atoms with E-state index < -0.39 is 11.7 Å². The molecule has 190 valence electrons. The summed E-state index contributed by atoms with van der Waals surface area (Å²) in [6.07, 6.45) is 4.09. The maximum atomic E-state index is 14.3. The first kappa shape index (κ1) is 24.8. The third-order valence-corrected chi connectivity index (χ3v) is 8.23. The number of halogens is 1. The molecule has 1 aromatic carbocycles. The Morgan fingerprint density at radius 2 is 1.95 bits per heavy atom. The summed E-state index contributed by atoms with van der Waals surface area (Å²) in [5.74, 6) is 4.71. The van der Waals surface area contributed by atoms with Crippen LogP contribution in [0.4, 0.5) is 21.8 Å². The standard InChI is InChI=1S/C26H27FN8OS/c1-14-24(34-23(31)25(33-14)37-18-6-9-32-22(30)20(18)27)35-10-7-26(8-11-35)13-16-4-2-15(3-5-19(28)36)12-17(16)21(26)29/h2,4,6,9,12,21H,7-8,10-11,13,29H2,1H3,(H2,28,36)(H2,30,32)(H2,31,34)/t21-/m1/s1. The molecular formula is C26H27FN8OS. The smallest absolute Gasteiger partial charge is 0.293 e. The van der Waals surface area contributed by atoms with E-state index in [0.717, 1.165) is 61.1 Å². The number of piperidine rings is 1. The molecule has 8 N–H and O–H groups in total. The molecule has 0 unspecified atom stereocenters. The van der Waals surface area contributed by atoms with Crippen LogP contribution in [0.2, 0.25) is 0 Å². The molecule has 1 fully saturated rings. The summed E-state index contributed by atoms with van der Waals surface area (Å²) in [6, 6.07) is 7.33. The van der Waals surface area contributed by atoms with Gasteiger partial charge in [-0.2, -0.15) is 0 Å². The van der Waals surface area contributed by atoms with Crippen LogP contribution in [0.15, 0.2) is 40.4 Å². The summed E-state index contributed by atoms with van der Waals surface area (Å²) in [5.41, 5.74) is 27.4. The average Bonchev–Trinajstić information content (AvgIpc) is 3.14. The SMILES string of the molecule is Cc1nc(Sc2ccnc(N)c2F)c(N)nc1N1CCC2(CC1)Cc1ccc(C#CC(N)=O)cc1[C@H]2N. The highest BCUT2D eigenvalue weighted by atomic mass is 32.2. The second kappa shape index (κ2) is 9.53. The Labute approximate surface area is 218 Å². The molecule has 0 saturated carbocycles. The summed E-state index contributed by atoms with van der Waals surface area (Å²) in [7, 11) is 0. The number of hydrogen-bond acceptors (Lipinski definition) is 9. The first-order chi connectivity index (χ1) is 17.7. The van der Waals surface area contributed by atoms with Crippen molar-refractivity contribution >= 4 is 35.1 Å². The van der Waals surface area contributed by atoms with Crippen molar-refractivity contribution in [1.82, 2.24) is 15.0 Å². The predicted octanol–water partition coefficient (Wildman–Crippen LogP) is 2.31. The van der Waals surface area contributed by atoms with Crippen LogP contribution in [0.3, 0.4) is 0 Å². The van der Waals surface area contributed by atoms with Crippen LogP contribution in [-0.2, 0) is 11.2 Å². The number of nitrogens with two attached hydrogens (primary N) is 4. The van der Waals surface area contributed by atoms with E-state index in [1.165, 1.54) is 17.8 Å². The zero-order valence-corrected chi connectivity index (χ0v) is 21.1. The third-order valence-electron chi connectivity index (χ3n) is 7.20. The van der Waals surface area contributed by atoms with Gasteiger partial charge in [0.15, 0.2) is 23.3 Å². The molecule has 3 heterocycles. The Bertz CT molecular complexity index is 1460. The summed E-state index contributed by atoms with van der Waals surface area (Å²) in [6.45, 7) is 3.39. The van der Waals surface area contributed by atoms with Crippen molar-refractivity contribution in [2.45, 2.75) is 42.1 Å². The number of amides is 1. The van der Waals surface area contributed by atoms with Crippen LogP contribution < -0.4 is 27.8 Å². The molecule has 9 nitrogen and oxygen atoms in total. The average molecular weight is 519 g/mol. The van der Waals surface area contributed by atoms with E-state index >= 15 is 0 Å². The van der Waals surface area contributed by atoms with E-state index in [1.807, 2.05) is 25.1 Å². The van der Waals surface area contributed by atoms with Gasteiger partial charge >= 0.3 is 0 Å². The summed E-state index contributed by atoms with van der Waals surface area (Å²) < 4.78 is 14.3. The minimum Gasteiger partial charge on any atom is -0.381 e. The monoisotopic (exact) mass is 518 g/mol. The number of nitrogens with zero attached hydrogens (tertiary/aromatic N) is 4. The quantitative estimate of drug-likeness (QED) is 0.381. The maximum absolute atomic E-state index is 14.3. The first-order valence-electron chi connectivity index (χ1n) is 11.8. The number of primary amides is 1. The van der Waals surface area contributed by atoms with Gasteiger partial charge in [-0.05, 0) is 66.8 Å². The van der Waals surface area contributed by atoms with E-state index in [2.05, 4.69) is 31.7 Å². The second-order valence-corrected chi connectivity index (χ2v) is 10.5. The lowest BCUT2D eigenvalue weighted by Gasteiger charge is -2.42. The van der Waals surface area contributed by atoms with Gasteiger partial charge in [-0.3, -0.25) is 4.79 Å². The fourth-order valence-corrected chi connectivity index (χ4v) is 6.09. The van der Waals surface area contributed by atoms with E-state index in [-0.39, 0.29) is 23.1 Å². The normalized spacial score (nSPS) is 17.8. The molecule has 11 heteroatoms. The zero-order valence-electron chi connectivity index (χ0n) is 20.3. The van der Waals surface area contributed by atoms with Gasteiger partial charge in [0.05, 0.1) is 10.6 Å². The van der Waals surface area contributed by atoms with Crippen molar-refractivity contribution in [2.24, 2.45) is 16.9 Å². The predicted molar refractivity (Wildman–Crippen MR) is 141 cm³/mol. The Balaban J connectivity index is 1.31. The van der Waals surface area contributed by atoms with Crippen molar-refractivity contribution in [3.05, 3.63) is 58.7 Å². The largest absolute Gasteiger partial charge is 0.381 e. The van der Waals surface area contributed by atoms with Gasteiger partial charge in [-0.25, -0.2) is 19.3 Å². The Morgan fingerprint density at radius 3 is 2.68 bits per heavy atom. The van der Waals surface area contributed by atoms with Gasteiger partial charge in [0.1, 0.15) is 5.03 Å². The number of carbonyl (C=O) groups is 1. The lowest BCUT2D eigenvalue weighted by Crippen LogP contribution is -2.45. The van der Waals surface area contributed by atoms with Crippen LogP contribution in [-0.4, -0.2) is 33.9 Å². The van der Waals surface area contributed by atoms with Crippen LogP contribution >= 0.6 is 11.8 Å². The molecule has 1 atom stereocenters. The highest BCUT2D eigenvalue weighted by molar-refractivity contribution is 7.99. The van der Waals surface area contributed by atoms with Gasteiger partial charge in [0.2, 0.25) is 0 Å². The summed E-state index contributed by atoms with van der Waals surface area (Å²) in [5, 5.41) is 0.419. The molecule has 1 amide bonds. The van der Waals surface area contributed by atoms with E-state index in [4.69, 9.17) is 22.9 Å². The van der Waals surface area contributed by atoms with E-state index in [1.54, 1.807) is 0 Å². The maximum Gasteiger partial charge on any atom is 0.293 e. The van der Waals surface area contributed by atoms with Gasteiger partial charge in [0, 0.05) is 30.9 Å². The number of benzene rings is 1. The number of aromatic nitrogens is 3. The number of hydrogen-bond donors (Lipinski definition) is 4. The number of carbonyl (C=O) groups excluding carboxylic acids is 1. The molecule has 1 spiro atoms. The lowest BCUT2D eigenvalue weighted by atomic mass is 9.73. The fourth-order valence-electron chi connectivity index (χ4n) is 5.23. The number of pyridine rings is 1. The number of anilines is 3. The Hall–Kier alpha value is -3.88. The highest BCUT2D eigenvalue weighted by Gasteiger charge is 2.46. The molecule has 2 aliphatic rings. The second-order valence-electron chi connectivity index (χ2n) is 9.47. The number of nitrogen functional groups attached to an aromatic ring is 2. The Morgan fingerprint density at radius 1 is 1.19 bits per heavy atom. The molecule has 5 rings (SSSR count). The highest BCUT2D eigenvalue weighted by Crippen LogP contribution is 2.51. The number of aryl methyl sites for hydroxylation is 1. The van der Waals surface area contributed by atoms with Crippen LogP contribution in [0.5, 0.6) is 0 Å². The van der Waals surface area contributed by atoms with Gasteiger partial charge in [-0.1, -0.05) is 23.7 Å². The molecule has 1 aliphatic heterocycles. The van der Waals surface area contributed by atoms with Crippen molar-refractivity contribution in [3.8, 4) is 11.8 Å². The molecule has 2 aromatic heterocycles. The molecule has 0 bridgehead atoms. The zero-order chi connectivity index (χ0) is 26.3. The minimum atomic E-state index is -0.659. The fraction of sp³-hybridized carbons (Fsp3) is 0.308. The van der Waals surface area contributed by atoms with Crippen LogP contribution in [0, 0.1) is 30.0 Å². The lowest BCUT2D eigenvalue weighted by molar-refractivity contribution is -0.112. The minimum absolute atomic E-state index is 0.0595.